The summed E-state index contributed by atoms with van der Waals surface area (Å²) >= 11 is 0. The Balaban J connectivity index is 1.98. The van der Waals surface area contributed by atoms with Crippen LogP contribution in [0.3, 0.4) is 0 Å². The van der Waals surface area contributed by atoms with E-state index in [1.807, 2.05) is 11.0 Å². The van der Waals surface area contributed by atoms with Crippen molar-refractivity contribution in [3.63, 3.8) is 0 Å². The van der Waals surface area contributed by atoms with Crippen LogP contribution >= 0.6 is 0 Å². The molecule has 0 radical (unpaired) electrons. The highest BCUT2D eigenvalue weighted by atomic mass is 16.5. The van der Waals surface area contributed by atoms with Crippen molar-refractivity contribution in [2.45, 2.75) is 26.7 Å². The molecule has 2 rings (SSSR count). The van der Waals surface area contributed by atoms with Gasteiger partial charge in [-0.05, 0) is 19.8 Å². The third kappa shape index (κ3) is 4.97. The SMILES string of the molecule is CCOC(=O)C1CCCN(/C=C(/C#N)C(=O)N2CCN(C(C)=O)CC2)C1. The third-order valence-electron chi connectivity index (χ3n) is 4.75. The molecule has 0 N–H and O–H groups in total. The lowest BCUT2D eigenvalue weighted by Gasteiger charge is -2.34. The van der Waals surface area contributed by atoms with Gasteiger partial charge in [0.1, 0.15) is 11.6 Å². The lowest BCUT2D eigenvalue weighted by Crippen LogP contribution is -2.50. The second kappa shape index (κ2) is 9.22. The van der Waals surface area contributed by atoms with Gasteiger partial charge in [0, 0.05) is 52.4 Å². The largest absolute Gasteiger partial charge is 0.466 e. The number of hydrogen-bond donors (Lipinski definition) is 0. The Morgan fingerprint density at radius 1 is 1.15 bits per heavy atom. The van der Waals surface area contributed by atoms with Crippen molar-refractivity contribution in [3.8, 4) is 6.07 Å². The molecule has 2 aliphatic rings. The lowest BCUT2D eigenvalue weighted by molar-refractivity contribution is -0.149. The van der Waals surface area contributed by atoms with Crippen molar-refractivity contribution in [1.82, 2.24) is 14.7 Å². The number of piperazine rings is 1. The summed E-state index contributed by atoms with van der Waals surface area (Å²) in [5.74, 6) is -0.787. The minimum absolute atomic E-state index is 0.00790. The molecule has 8 nitrogen and oxygen atoms in total. The van der Waals surface area contributed by atoms with Crippen LogP contribution in [0, 0.1) is 17.2 Å². The molecule has 0 aliphatic carbocycles. The van der Waals surface area contributed by atoms with E-state index >= 15 is 0 Å². The zero-order chi connectivity index (χ0) is 19.1. The smallest absolute Gasteiger partial charge is 0.310 e. The topological polar surface area (TPSA) is 93.9 Å². The number of carbonyl (C=O) groups excluding carboxylic acids is 3. The van der Waals surface area contributed by atoms with Gasteiger partial charge in [-0.1, -0.05) is 0 Å². The van der Waals surface area contributed by atoms with Crippen molar-refractivity contribution < 1.29 is 19.1 Å². The molecule has 1 atom stereocenters. The molecule has 0 bridgehead atoms. The Bertz CT molecular complexity index is 617. The summed E-state index contributed by atoms with van der Waals surface area (Å²) in [5, 5.41) is 9.41. The van der Waals surface area contributed by atoms with E-state index < -0.39 is 0 Å². The maximum Gasteiger partial charge on any atom is 0.310 e. The zero-order valence-corrected chi connectivity index (χ0v) is 15.4. The molecule has 2 heterocycles. The van der Waals surface area contributed by atoms with E-state index in [4.69, 9.17) is 4.74 Å². The number of nitrogens with zero attached hydrogens (tertiary/aromatic N) is 4. The predicted octanol–water partition coefficient (Wildman–Crippen LogP) is 0.360. The second-order valence-corrected chi connectivity index (χ2v) is 6.54. The standard InChI is InChI=1S/C18H26N4O4/c1-3-26-18(25)15-5-4-6-20(12-15)13-16(11-19)17(24)22-9-7-21(8-10-22)14(2)23/h13,15H,3-10,12H2,1-2H3/b16-13-. The molecule has 0 aromatic heterocycles. The molecule has 0 saturated carbocycles. The van der Waals surface area contributed by atoms with Crippen LogP contribution in [0.5, 0.6) is 0 Å². The Kier molecular flexibility index (Phi) is 7.01. The fraction of sp³-hybridized carbons (Fsp3) is 0.667. The number of likely N-dealkylation sites (tertiary alicyclic amines) is 1. The van der Waals surface area contributed by atoms with Crippen LogP contribution in [-0.2, 0) is 19.1 Å². The number of rotatable bonds is 4. The first-order chi connectivity index (χ1) is 12.5. The van der Waals surface area contributed by atoms with Crippen LogP contribution in [-0.4, -0.2) is 78.4 Å². The van der Waals surface area contributed by atoms with E-state index in [0.717, 1.165) is 12.8 Å². The summed E-state index contributed by atoms with van der Waals surface area (Å²) in [6, 6.07) is 1.98. The fourth-order valence-electron chi connectivity index (χ4n) is 3.29. The van der Waals surface area contributed by atoms with Crippen molar-refractivity contribution in [3.05, 3.63) is 11.8 Å². The molecular weight excluding hydrogens is 336 g/mol. The number of hydrogen-bond acceptors (Lipinski definition) is 6. The van der Waals surface area contributed by atoms with E-state index in [0.29, 0.717) is 45.9 Å². The Hall–Kier alpha value is -2.56. The first-order valence-electron chi connectivity index (χ1n) is 9.03. The number of amides is 2. The van der Waals surface area contributed by atoms with Gasteiger partial charge in [-0.3, -0.25) is 14.4 Å². The third-order valence-corrected chi connectivity index (χ3v) is 4.75. The van der Waals surface area contributed by atoms with E-state index in [-0.39, 0.29) is 29.3 Å². The maximum absolute atomic E-state index is 12.6. The monoisotopic (exact) mass is 362 g/mol. The van der Waals surface area contributed by atoms with Gasteiger partial charge in [0.2, 0.25) is 5.91 Å². The molecule has 26 heavy (non-hydrogen) atoms. The van der Waals surface area contributed by atoms with Crippen molar-refractivity contribution in [1.29, 1.82) is 5.26 Å². The quantitative estimate of drug-likeness (QED) is 0.407. The van der Waals surface area contributed by atoms with Gasteiger partial charge in [0.25, 0.3) is 5.91 Å². The molecule has 0 aromatic carbocycles. The average molecular weight is 362 g/mol. The predicted molar refractivity (Wildman–Crippen MR) is 93.5 cm³/mol. The molecule has 0 aromatic rings. The molecule has 2 amide bonds. The van der Waals surface area contributed by atoms with Gasteiger partial charge in [0.05, 0.1) is 12.5 Å². The van der Waals surface area contributed by atoms with Crippen LogP contribution in [0.4, 0.5) is 0 Å². The summed E-state index contributed by atoms with van der Waals surface area (Å²) in [6.45, 7) is 6.58. The fourth-order valence-corrected chi connectivity index (χ4v) is 3.29. The highest BCUT2D eigenvalue weighted by Gasteiger charge is 2.28. The average Bonchev–Trinajstić information content (AvgIpc) is 2.66. The molecular formula is C18H26N4O4. The second-order valence-electron chi connectivity index (χ2n) is 6.54. The van der Waals surface area contributed by atoms with Crippen molar-refractivity contribution in [2.24, 2.45) is 5.92 Å². The molecule has 0 spiro atoms. The van der Waals surface area contributed by atoms with Gasteiger partial charge in [0.15, 0.2) is 0 Å². The molecule has 2 aliphatic heterocycles. The Morgan fingerprint density at radius 3 is 2.38 bits per heavy atom. The van der Waals surface area contributed by atoms with Gasteiger partial charge in [-0.15, -0.1) is 0 Å². The van der Waals surface area contributed by atoms with E-state index in [1.165, 1.54) is 6.92 Å². The summed E-state index contributed by atoms with van der Waals surface area (Å²) in [4.78, 5) is 41.1. The van der Waals surface area contributed by atoms with Crippen LogP contribution in [0.25, 0.3) is 0 Å². The maximum atomic E-state index is 12.6. The van der Waals surface area contributed by atoms with Gasteiger partial charge < -0.3 is 19.4 Å². The van der Waals surface area contributed by atoms with Crippen molar-refractivity contribution in [2.75, 3.05) is 45.9 Å². The summed E-state index contributed by atoms with van der Waals surface area (Å²) < 4.78 is 5.07. The first-order valence-corrected chi connectivity index (χ1v) is 9.03. The molecule has 2 fully saturated rings. The van der Waals surface area contributed by atoms with Crippen molar-refractivity contribution >= 4 is 17.8 Å². The number of piperidine rings is 1. The normalized spacial score (nSPS) is 21.2. The molecule has 1 unspecified atom stereocenters. The molecule has 142 valence electrons. The van der Waals surface area contributed by atoms with E-state index in [1.54, 1.807) is 22.9 Å². The van der Waals surface area contributed by atoms with Crippen LogP contribution in [0.1, 0.15) is 26.7 Å². The minimum atomic E-state index is -0.325. The van der Waals surface area contributed by atoms with Crippen LogP contribution < -0.4 is 0 Å². The molecule has 8 heteroatoms. The zero-order valence-electron chi connectivity index (χ0n) is 15.4. The number of ether oxygens (including phenoxy) is 1. The highest BCUT2D eigenvalue weighted by Crippen LogP contribution is 2.19. The van der Waals surface area contributed by atoms with Gasteiger partial charge in [-0.25, -0.2) is 0 Å². The summed E-state index contributed by atoms with van der Waals surface area (Å²) in [5.41, 5.74) is 0.0609. The molecule has 2 saturated heterocycles. The van der Waals surface area contributed by atoms with Gasteiger partial charge in [-0.2, -0.15) is 5.26 Å². The Labute approximate surface area is 154 Å². The van der Waals surface area contributed by atoms with Crippen LogP contribution in [0.15, 0.2) is 11.8 Å². The number of carbonyl (C=O) groups is 3. The van der Waals surface area contributed by atoms with E-state index in [2.05, 4.69) is 0 Å². The van der Waals surface area contributed by atoms with Crippen LogP contribution in [0.2, 0.25) is 0 Å². The lowest BCUT2D eigenvalue weighted by atomic mass is 9.98. The first kappa shape index (κ1) is 19.8. The Morgan fingerprint density at radius 2 is 1.81 bits per heavy atom. The number of esters is 1. The highest BCUT2D eigenvalue weighted by molar-refractivity contribution is 5.97. The minimum Gasteiger partial charge on any atom is -0.466 e. The van der Waals surface area contributed by atoms with E-state index in [9.17, 15) is 19.6 Å². The summed E-state index contributed by atoms with van der Waals surface area (Å²) in [6.07, 6.45) is 3.13. The summed E-state index contributed by atoms with van der Waals surface area (Å²) in [7, 11) is 0. The van der Waals surface area contributed by atoms with Gasteiger partial charge >= 0.3 is 5.97 Å². The number of nitriles is 1.